The Morgan fingerprint density at radius 3 is 0.938 bits per heavy atom. The van der Waals surface area contributed by atoms with Gasteiger partial charge in [-0.25, -0.2) is 0 Å². The van der Waals surface area contributed by atoms with Gasteiger partial charge in [-0.2, -0.15) is 0 Å². The average molecular weight is 603 g/mol. The van der Waals surface area contributed by atoms with Gasteiger partial charge in [-0.1, -0.05) is 121 Å². The van der Waals surface area contributed by atoms with Gasteiger partial charge in [0.05, 0.1) is 0 Å². The molecular formula is C48H26. The van der Waals surface area contributed by atoms with Gasteiger partial charge < -0.3 is 0 Å². The first-order valence-corrected chi connectivity index (χ1v) is 16.8. The summed E-state index contributed by atoms with van der Waals surface area (Å²) in [6, 6.07) is 59.8. The van der Waals surface area contributed by atoms with Crippen molar-refractivity contribution in [3.05, 3.63) is 158 Å². The van der Waals surface area contributed by atoms with E-state index >= 15 is 0 Å². The summed E-state index contributed by atoms with van der Waals surface area (Å²) in [6.07, 6.45) is 0. The van der Waals surface area contributed by atoms with Crippen LogP contribution >= 0.6 is 0 Å². The molecule has 0 spiro atoms. The highest BCUT2D eigenvalue weighted by atomic mass is 14.2. The van der Waals surface area contributed by atoms with Crippen LogP contribution in [0.15, 0.2) is 158 Å². The Bertz CT molecular complexity index is 3120. The molecule has 0 aliphatic carbocycles. The minimum absolute atomic E-state index is 1.26. The SMILES string of the molecule is c1cc2ccc3cc(-c4cc5ccc6cc(-c7ccc8ccc9cccc%10ccc7c8c9%10)cc7ccc(c4)c5c67)cc4ccc(c1)c2c34. The third kappa shape index (κ3) is 3.19. The molecule has 0 radical (unpaired) electrons. The maximum atomic E-state index is 2.40. The summed E-state index contributed by atoms with van der Waals surface area (Å²) in [4.78, 5) is 0. The zero-order valence-electron chi connectivity index (χ0n) is 26.0. The van der Waals surface area contributed by atoms with Crippen LogP contribution in [-0.4, -0.2) is 0 Å². The van der Waals surface area contributed by atoms with E-state index in [2.05, 4.69) is 158 Å². The van der Waals surface area contributed by atoms with Crippen LogP contribution in [0.5, 0.6) is 0 Å². The summed E-state index contributed by atoms with van der Waals surface area (Å²) in [7, 11) is 0. The molecule has 0 saturated carbocycles. The van der Waals surface area contributed by atoms with E-state index in [0.717, 1.165) is 0 Å². The lowest BCUT2D eigenvalue weighted by atomic mass is 9.86. The molecule has 0 heteroatoms. The Morgan fingerprint density at radius 2 is 0.500 bits per heavy atom. The largest absolute Gasteiger partial charge is 0.0610 e. The molecule has 0 aliphatic heterocycles. The standard InChI is InChI=1S/C48H26/c1-3-27-9-11-32-21-38(22-33-12-10-28(4-1)43(27)45(32)33)39-23-34-13-15-36-25-40(26-37-16-14-35(24-39)46(34)47(36)37)41-19-17-31-8-7-29-5-2-6-30-18-20-42(41)48(31)44(29)30/h1-26H. The van der Waals surface area contributed by atoms with E-state index in [1.54, 1.807) is 0 Å². The molecule has 0 saturated heterocycles. The molecule has 0 aliphatic rings. The second kappa shape index (κ2) is 8.76. The van der Waals surface area contributed by atoms with E-state index in [4.69, 9.17) is 0 Å². The molecule has 0 N–H and O–H groups in total. The van der Waals surface area contributed by atoms with Crippen LogP contribution in [0, 0.1) is 0 Å². The highest BCUT2D eigenvalue weighted by Gasteiger charge is 2.16. The molecule has 12 aromatic carbocycles. The number of hydrogen-bond donors (Lipinski definition) is 0. The maximum Gasteiger partial charge on any atom is -0.00206 e. The summed E-state index contributed by atoms with van der Waals surface area (Å²) in [5, 5.41) is 23.8. The fraction of sp³-hybridized carbons (Fsp3) is 0. The quantitative estimate of drug-likeness (QED) is 0.173. The predicted octanol–water partition coefficient (Wildman–Crippen LogP) is 13.7. The number of rotatable bonds is 2. The Balaban J connectivity index is 1.05. The maximum absolute atomic E-state index is 2.40. The molecule has 0 unspecified atom stereocenters. The molecular weight excluding hydrogens is 577 g/mol. The van der Waals surface area contributed by atoms with Crippen LogP contribution in [0.1, 0.15) is 0 Å². The number of hydrogen-bond acceptors (Lipinski definition) is 0. The minimum Gasteiger partial charge on any atom is -0.0610 e. The van der Waals surface area contributed by atoms with E-state index in [1.807, 2.05) is 0 Å². The van der Waals surface area contributed by atoms with Crippen molar-refractivity contribution < 1.29 is 0 Å². The summed E-state index contributed by atoms with van der Waals surface area (Å²) in [5.41, 5.74) is 5.10. The van der Waals surface area contributed by atoms with Crippen molar-refractivity contribution in [2.75, 3.05) is 0 Å². The van der Waals surface area contributed by atoms with E-state index < -0.39 is 0 Å². The van der Waals surface area contributed by atoms with E-state index in [9.17, 15) is 0 Å². The first-order chi connectivity index (χ1) is 23.7. The molecule has 0 heterocycles. The molecule has 12 aromatic rings. The number of benzene rings is 12. The van der Waals surface area contributed by atoms with Crippen LogP contribution < -0.4 is 0 Å². The Labute approximate surface area is 276 Å². The normalized spacial score (nSPS) is 12.6. The van der Waals surface area contributed by atoms with Gasteiger partial charge in [0.2, 0.25) is 0 Å². The van der Waals surface area contributed by atoms with Crippen LogP contribution in [0.3, 0.4) is 0 Å². The van der Waals surface area contributed by atoms with Gasteiger partial charge in [-0.3, -0.25) is 0 Å². The highest BCUT2D eigenvalue weighted by Crippen LogP contribution is 2.44. The van der Waals surface area contributed by atoms with Gasteiger partial charge in [0, 0.05) is 0 Å². The van der Waals surface area contributed by atoms with Crippen LogP contribution in [-0.2, 0) is 0 Å². The van der Waals surface area contributed by atoms with Crippen LogP contribution in [0.2, 0.25) is 0 Å². The molecule has 0 fully saturated rings. The molecule has 0 bridgehead atoms. The average Bonchev–Trinajstić information content (AvgIpc) is 3.14. The molecule has 0 atom stereocenters. The summed E-state index contributed by atoms with van der Waals surface area (Å²) in [5.74, 6) is 0. The monoisotopic (exact) mass is 602 g/mol. The fourth-order valence-electron chi connectivity index (χ4n) is 9.07. The van der Waals surface area contributed by atoms with Gasteiger partial charge in [-0.05, 0) is 156 Å². The smallest absolute Gasteiger partial charge is 0.00206 e. The van der Waals surface area contributed by atoms with Crippen LogP contribution in [0.4, 0.5) is 0 Å². The highest BCUT2D eigenvalue weighted by molar-refractivity contribution is 6.28. The van der Waals surface area contributed by atoms with Gasteiger partial charge in [0.1, 0.15) is 0 Å². The molecule has 0 amide bonds. The fourth-order valence-corrected chi connectivity index (χ4v) is 9.07. The second-order valence-corrected chi connectivity index (χ2v) is 13.7. The lowest BCUT2D eigenvalue weighted by molar-refractivity contribution is 1.70. The van der Waals surface area contributed by atoms with Gasteiger partial charge in [0.15, 0.2) is 0 Å². The molecule has 218 valence electrons. The summed E-state index contributed by atoms with van der Waals surface area (Å²) in [6.45, 7) is 0. The Hall–Kier alpha value is -6.24. The Morgan fingerprint density at radius 1 is 0.208 bits per heavy atom. The van der Waals surface area contributed by atoms with Crippen molar-refractivity contribution in [1.29, 1.82) is 0 Å². The summed E-state index contributed by atoms with van der Waals surface area (Å²) < 4.78 is 0. The van der Waals surface area contributed by atoms with E-state index in [0.29, 0.717) is 0 Å². The Kier molecular flexibility index (Phi) is 4.55. The lowest BCUT2D eigenvalue weighted by Gasteiger charge is -2.17. The first-order valence-electron chi connectivity index (χ1n) is 16.8. The third-order valence-corrected chi connectivity index (χ3v) is 11.2. The van der Waals surface area contributed by atoms with Crippen molar-refractivity contribution in [2.45, 2.75) is 0 Å². The van der Waals surface area contributed by atoms with Gasteiger partial charge in [0.25, 0.3) is 0 Å². The summed E-state index contributed by atoms with van der Waals surface area (Å²) >= 11 is 0. The topological polar surface area (TPSA) is 0 Å². The lowest BCUT2D eigenvalue weighted by Crippen LogP contribution is -1.90. The van der Waals surface area contributed by atoms with Gasteiger partial charge in [-0.15, -0.1) is 0 Å². The van der Waals surface area contributed by atoms with Crippen molar-refractivity contribution in [2.24, 2.45) is 0 Å². The zero-order chi connectivity index (χ0) is 31.1. The molecule has 48 heavy (non-hydrogen) atoms. The predicted molar refractivity (Wildman–Crippen MR) is 208 cm³/mol. The molecule has 0 nitrogen and oxygen atoms in total. The second-order valence-electron chi connectivity index (χ2n) is 13.7. The van der Waals surface area contributed by atoms with E-state index in [1.165, 1.54) is 119 Å². The van der Waals surface area contributed by atoms with Crippen LogP contribution in [0.25, 0.3) is 119 Å². The first kappa shape index (κ1) is 24.9. The van der Waals surface area contributed by atoms with E-state index in [-0.39, 0.29) is 0 Å². The van der Waals surface area contributed by atoms with Crippen molar-refractivity contribution in [1.82, 2.24) is 0 Å². The zero-order valence-corrected chi connectivity index (χ0v) is 26.0. The molecule has 0 aromatic heterocycles. The van der Waals surface area contributed by atoms with Crippen molar-refractivity contribution >= 4 is 97.0 Å². The third-order valence-electron chi connectivity index (χ3n) is 11.2. The van der Waals surface area contributed by atoms with Crippen molar-refractivity contribution in [3.63, 3.8) is 0 Å². The molecule has 12 rings (SSSR count). The van der Waals surface area contributed by atoms with Gasteiger partial charge >= 0.3 is 0 Å². The minimum atomic E-state index is 1.26. The van der Waals surface area contributed by atoms with Crippen molar-refractivity contribution in [3.8, 4) is 22.3 Å².